The summed E-state index contributed by atoms with van der Waals surface area (Å²) in [5.74, 6) is -5.53. The molecule has 0 aliphatic carbocycles. The fraction of sp³-hybridized carbons (Fsp3) is 0.409. The van der Waals surface area contributed by atoms with E-state index in [2.05, 4.69) is 16.0 Å². The van der Waals surface area contributed by atoms with E-state index in [1.165, 1.54) is 24.3 Å². The molecule has 3 rings (SSSR count). The van der Waals surface area contributed by atoms with Gasteiger partial charge in [-0.1, -0.05) is 11.6 Å². The maximum absolute atomic E-state index is 13.4. The molecule has 14 heteroatoms. The number of carboxylic acid groups (broad SMARTS) is 1. The molecule has 13 nitrogen and oxygen atoms in total. The highest BCUT2D eigenvalue weighted by Gasteiger charge is 2.45. The topological polar surface area (TPSA) is 182 Å². The zero-order valence-corrected chi connectivity index (χ0v) is 19.7. The second-order valence-corrected chi connectivity index (χ2v) is 8.67. The number of hydrazine groups is 1. The number of hydrogen-bond donors (Lipinski definition) is 4. The van der Waals surface area contributed by atoms with Crippen molar-refractivity contribution in [2.75, 3.05) is 11.9 Å². The summed E-state index contributed by atoms with van der Waals surface area (Å²) in [5.41, 5.74) is 0.298. The van der Waals surface area contributed by atoms with Crippen LogP contribution < -0.4 is 16.0 Å². The van der Waals surface area contributed by atoms with Crippen molar-refractivity contribution >= 4 is 59.1 Å². The number of carboxylic acids is 1. The number of nitrogens with one attached hydrogen (secondary N) is 3. The summed E-state index contributed by atoms with van der Waals surface area (Å²) in [6, 6.07) is 2.16. The summed E-state index contributed by atoms with van der Waals surface area (Å²) < 4.78 is 0. The Morgan fingerprint density at radius 2 is 1.81 bits per heavy atom. The minimum Gasteiger partial charge on any atom is -0.481 e. The molecule has 2 aliphatic heterocycles. The number of carbonyl (C=O) groups excluding carboxylic acids is 6. The molecule has 1 aromatic rings. The summed E-state index contributed by atoms with van der Waals surface area (Å²) in [7, 11) is 0. The molecule has 2 aliphatic rings. The molecular weight excluding hydrogens is 498 g/mol. The van der Waals surface area contributed by atoms with E-state index >= 15 is 0 Å². The van der Waals surface area contributed by atoms with Gasteiger partial charge >= 0.3 is 17.8 Å². The first kappa shape index (κ1) is 26.6. The number of anilines is 1. The van der Waals surface area contributed by atoms with E-state index in [1.54, 1.807) is 0 Å². The molecule has 192 valence electrons. The molecule has 2 saturated heterocycles. The molecule has 0 spiro atoms. The fourth-order valence-electron chi connectivity index (χ4n) is 3.95. The van der Waals surface area contributed by atoms with Gasteiger partial charge in [-0.3, -0.25) is 33.8 Å². The quantitative estimate of drug-likeness (QED) is 0.272. The lowest BCUT2D eigenvalue weighted by molar-refractivity contribution is -0.176. The number of benzene rings is 1. The van der Waals surface area contributed by atoms with Gasteiger partial charge in [0.05, 0.1) is 12.5 Å². The van der Waals surface area contributed by atoms with Crippen molar-refractivity contribution in [1.29, 1.82) is 0 Å². The molecule has 2 fully saturated rings. The largest absolute Gasteiger partial charge is 0.481 e. The Labute approximate surface area is 210 Å². The van der Waals surface area contributed by atoms with Gasteiger partial charge in [0.25, 0.3) is 5.91 Å². The van der Waals surface area contributed by atoms with Crippen LogP contribution in [-0.2, 0) is 33.6 Å². The number of aliphatic carboxylic acids is 1. The number of aldehydes is 1. The average molecular weight is 522 g/mol. The minimum absolute atomic E-state index is 0.102. The van der Waals surface area contributed by atoms with E-state index in [0.717, 1.165) is 10.0 Å². The van der Waals surface area contributed by atoms with Crippen LogP contribution in [0.15, 0.2) is 24.3 Å². The number of fused-ring (bicyclic) bond motifs is 1. The number of rotatable bonds is 7. The fourth-order valence-corrected chi connectivity index (χ4v) is 4.08. The first-order chi connectivity index (χ1) is 17.1. The number of amides is 5. The second-order valence-electron chi connectivity index (χ2n) is 8.23. The molecule has 5 amide bonds. The first-order valence-electron chi connectivity index (χ1n) is 11.1. The van der Waals surface area contributed by atoms with Gasteiger partial charge in [-0.05, 0) is 43.5 Å². The predicted octanol–water partition coefficient (Wildman–Crippen LogP) is -0.550. The van der Waals surface area contributed by atoms with Crippen molar-refractivity contribution in [2.24, 2.45) is 0 Å². The van der Waals surface area contributed by atoms with Gasteiger partial charge in [0, 0.05) is 23.7 Å². The summed E-state index contributed by atoms with van der Waals surface area (Å²) in [4.78, 5) is 85.8. The van der Waals surface area contributed by atoms with Gasteiger partial charge in [-0.25, -0.2) is 5.01 Å². The molecule has 36 heavy (non-hydrogen) atoms. The van der Waals surface area contributed by atoms with E-state index in [4.69, 9.17) is 16.7 Å². The summed E-state index contributed by atoms with van der Waals surface area (Å²) >= 11 is 5.79. The van der Waals surface area contributed by atoms with Gasteiger partial charge in [-0.15, -0.1) is 0 Å². The van der Waals surface area contributed by atoms with E-state index in [0.29, 0.717) is 17.1 Å². The maximum Gasteiger partial charge on any atom is 0.313 e. The Morgan fingerprint density at radius 1 is 1.11 bits per heavy atom. The van der Waals surface area contributed by atoms with Crippen LogP contribution in [0.4, 0.5) is 5.69 Å². The Balaban J connectivity index is 1.74. The summed E-state index contributed by atoms with van der Waals surface area (Å²) in [6.07, 6.45) is -0.105. The standard InChI is InChI=1S/C22H24ClN5O8/c23-12-3-5-13(6-4-12)24-20(34)21(35)26-15-7-8-17(30)27-9-1-2-16(28(27)22(15)36)19(33)25-14(11-29)10-18(31)32/h3-6,11,14-16H,1-2,7-10H2,(H,24,34)(H,25,33)(H,26,35)(H,31,32). The van der Waals surface area contributed by atoms with E-state index in [-0.39, 0.29) is 32.1 Å². The smallest absolute Gasteiger partial charge is 0.313 e. The lowest BCUT2D eigenvalue weighted by Gasteiger charge is -2.43. The molecule has 2 heterocycles. The Morgan fingerprint density at radius 3 is 2.44 bits per heavy atom. The monoisotopic (exact) mass is 521 g/mol. The molecule has 1 aromatic carbocycles. The lowest BCUT2D eigenvalue weighted by atomic mass is 10.0. The van der Waals surface area contributed by atoms with Gasteiger partial charge in [0.1, 0.15) is 18.4 Å². The third-order valence-electron chi connectivity index (χ3n) is 5.66. The van der Waals surface area contributed by atoms with Crippen LogP contribution in [0.2, 0.25) is 5.02 Å². The van der Waals surface area contributed by atoms with Crippen molar-refractivity contribution in [1.82, 2.24) is 20.7 Å². The van der Waals surface area contributed by atoms with Crippen LogP contribution in [0, 0.1) is 0 Å². The number of nitrogens with zero attached hydrogens (tertiary/aromatic N) is 2. The zero-order valence-electron chi connectivity index (χ0n) is 18.9. The Bertz CT molecular complexity index is 1080. The highest BCUT2D eigenvalue weighted by molar-refractivity contribution is 6.40. The molecule has 3 atom stereocenters. The number of carbonyl (C=O) groups is 7. The Kier molecular flexibility index (Phi) is 8.59. The van der Waals surface area contributed by atoms with Gasteiger partial charge in [0.2, 0.25) is 11.8 Å². The van der Waals surface area contributed by atoms with Crippen LogP contribution in [-0.4, -0.2) is 81.6 Å². The lowest BCUT2D eigenvalue weighted by Crippen LogP contribution is -2.64. The summed E-state index contributed by atoms with van der Waals surface area (Å²) in [5, 5.41) is 18.3. The Hall–Kier alpha value is -4.00. The van der Waals surface area contributed by atoms with Crippen LogP contribution in [0.1, 0.15) is 32.1 Å². The highest BCUT2D eigenvalue weighted by atomic mass is 35.5. The van der Waals surface area contributed by atoms with Crippen LogP contribution >= 0.6 is 11.6 Å². The molecule has 4 N–H and O–H groups in total. The maximum atomic E-state index is 13.4. The zero-order chi connectivity index (χ0) is 26.4. The predicted molar refractivity (Wildman–Crippen MR) is 123 cm³/mol. The third kappa shape index (κ3) is 6.36. The van der Waals surface area contributed by atoms with Crippen molar-refractivity contribution in [2.45, 2.75) is 50.2 Å². The highest BCUT2D eigenvalue weighted by Crippen LogP contribution is 2.25. The SMILES string of the molecule is O=CC(CC(=O)O)NC(=O)C1CCCN2C(=O)CCC(NC(=O)C(=O)Nc3ccc(Cl)cc3)C(=O)N12. The number of halogens is 1. The molecule has 3 unspecified atom stereocenters. The van der Waals surface area contributed by atoms with Crippen LogP contribution in [0.25, 0.3) is 0 Å². The first-order valence-corrected chi connectivity index (χ1v) is 11.5. The van der Waals surface area contributed by atoms with Gasteiger partial charge in [-0.2, -0.15) is 0 Å². The molecular formula is C22H24ClN5O8. The van der Waals surface area contributed by atoms with Crippen molar-refractivity contribution in [3.05, 3.63) is 29.3 Å². The normalized spacial score (nSPS) is 20.5. The molecule has 0 radical (unpaired) electrons. The van der Waals surface area contributed by atoms with Gasteiger partial charge in [0.15, 0.2) is 0 Å². The van der Waals surface area contributed by atoms with Crippen LogP contribution in [0.5, 0.6) is 0 Å². The van der Waals surface area contributed by atoms with E-state index in [9.17, 15) is 33.6 Å². The second kappa shape index (κ2) is 11.6. The van der Waals surface area contributed by atoms with E-state index in [1.807, 2.05) is 0 Å². The molecule has 0 aromatic heterocycles. The van der Waals surface area contributed by atoms with Crippen LogP contribution in [0.3, 0.4) is 0 Å². The molecule has 0 bridgehead atoms. The number of hydrogen-bond acceptors (Lipinski definition) is 7. The van der Waals surface area contributed by atoms with Crippen molar-refractivity contribution < 1.29 is 38.7 Å². The van der Waals surface area contributed by atoms with Gasteiger partial charge < -0.3 is 25.9 Å². The average Bonchev–Trinajstić information content (AvgIpc) is 2.96. The van der Waals surface area contributed by atoms with E-state index < -0.39 is 60.1 Å². The van der Waals surface area contributed by atoms with Crippen molar-refractivity contribution in [3.63, 3.8) is 0 Å². The summed E-state index contributed by atoms with van der Waals surface area (Å²) in [6.45, 7) is 0.151. The minimum atomic E-state index is -1.32. The molecule has 0 saturated carbocycles. The third-order valence-corrected chi connectivity index (χ3v) is 5.92. The van der Waals surface area contributed by atoms with Crippen molar-refractivity contribution in [3.8, 4) is 0 Å².